The predicted molar refractivity (Wildman–Crippen MR) is 85.4 cm³/mol. The fourth-order valence-corrected chi connectivity index (χ4v) is 2.83. The number of aliphatic hydroxyl groups is 2. The van der Waals surface area contributed by atoms with Gasteiger partial charge < -0.3 is 20.5 Å². The van der Waals surface area contributed by atoms with Crippen molar-refractivity contribution in [2.75, 3.05) is 0 Å². The summed E-state index contributed by atoms with van der Waals surface area (Å²) in [4.78, 5) is 11.1. The highest BCUT2D eigenvalue weighted by Gasteiger charge is 2.27. The zero-order valence-corrected chi connectivity index (χ0v) is 13.6. The number of halogens is 2. The third kappa shape index (κ3) is 2.85. The summed E-state index contributed by atoms with van der Waals surface area (Å²) in [6, 6.07) is 6.89. The predicted octanol–water partition coefficient (Wildman–Crippen LogP) is 2.28. The van der Waals surface area contributed by atoms with Crippen LogP contribution in [0.25, 0.3) is 5.69 Å². The molecule has 0 saturated carbocycles. The van der Waals surface area contributed by atoms with Crippen molar-refractivity contribution < 1.29 is 15.0 Å². The van der Waals surface area contributed by atoms with Gasteiger partial charge in [0.25, 0.3) is 0 Å². The van der Waals surface area contributed by atoms with Gasteiger partial charge in [-0.25, -0.2) is 0 Å². The number of aryl methyl sites for hydroxylation is 1. The number of rotatable bonds is 4. The molecule has 7 heteroatoms. The normalized spacial score (nSPS) is 13.9. The first-order valence-corrected chi connectivity index (χ1v) is 7.30. The van der Waals surface area contributed by atoms with Gasteiger partial charge in [-0.1, -0.05) is 29.3 Å². The van der Waals surface area contributed by atoms with E-state index in [-0.39, 0.29) is 0 Å². The van der Waals surface area contributed by atoms with Crippen molar-refractivity contribution in [1.29, 1.82) is 0 Å². The number of hydrogen-bond acceptors (Lipinski definition) is 3. The number of amides is 1. The zero-order chi connectivity index (χ0) is 16.6. The summed E-state index contributed by atoms with van der Waals surface area (Å²) in [5.74, 6) is -0.988. The van der Waals surface area contributed by atoms with Crippen LogP contribution in [0.5, 0.6) is 0 Å². The first-order chi connectivity index (χ1) is 10.3. The van der Waals surface area contributed by atoms with E-state index in [1.807, 2.05) is 6.92 Å². The van der Waals surface area contributed by atoms with Crippen LogP contribution in [0.2, 0.25) is 10.0 Å². The fourth-order valence-electron chi connectivity index (χ4n) is 2.45. The topological polar surface area (TPSA) is 88.5 Å². The van der Waals surface area contributed by atoms with Crippen LogP contribution in [0.3, 0.4) is 0 Å². The molecule has 0 aliphatic rings. The lowest BCUT2D eigenvalue weighted by molar-refractivity contribution is -0.131. The second-order valence-electron chi connectivity index (χ2n) is 5.03. The number of primary amides is 1. The van der Waals surface area contributed by atoms with E-state index in [0.29, 0.717) is 27.0 Å². The maximum Gasteiger partial charge on any atom is 0.249 e. The van der Waals surface area contributed by atoms with Crippen LogP contribution in [0.4, 0.5) is 0 Å². The number of aromatic nitrogens is 1. The summed E-state index contributed by atoms with van der Waals surface area (Å²) in [6.07, 6.45) is -3.08. The molecule has 0 spiro atoms. The van der Waals surface area contributed by atoms with Gasteiger partial charge in [0.05, 0.1) is 15.7 Å². The van der Waals surface area contributed by atoms with E-state index < -0.39 is 18.1 Å². The summed E-state index contributed by atoms with van der Waals surface area (Å²) in [7, 11) is 0. The van der Waals surface area contributed by atoms with Crippen LogP contribution in [-0.2, 0) is 4.79 Å². The first-order valence-electron chi connectivity index (χ1n) is 6.54. The average molecular weight is 343 g/mol. The molecule has 0 bridgehead atoms. The van der Waals surface area contributed by atoms with E-state index >= 15 is 0 Å². The third-order valence-corrected chi connectivity index (χ3v) is 4.36. The molecule has 0 aliphatic carbocycles. The molecule has 0 aliphatic heterocycles. The molecule has 0 radical (unpaired) electrons. The minimum atomic E-state index is -1.68. The number of nitrogens with zero attached hydrogens (tertiary/aromatic N) is 1. The Hall–Kier alpha value is -1.53. The monoisotopic (exact) mass is 342 g/mol. The quantitative estimate of drug-likeness (QED) is 0.796. The van der Waals surface area contributed by atoms with Crippen LogP contribution in [0.15, 0.2) is 24.3 Å². The standard InChI is InChI=1S/C15H16Cl2N2O3/c1-7-6-9(13(20)14(21)15(18)22)8(2)19(7)11-5-3-4-10(16)12(11)17/h3-6,13-14,20-21H,1-2H3,(H2,18,22). The Balaban J connectivity index is 2.57. The van der Waals surface area contributed by atoms with Gasteiger partial charge in [0.2, 0.25) is 5.91 Å². The van der Waals surface area contributed by atoms with Gasteiger partial charge in [0, 0.05) is 17.0 Å². The SMILES string of the molecule is Cc1cc(C(O)C(O)C(N)=O)c(C)n1-c1cccc(Cl)c1Cl. The van der Waals surface area contributed by atoms with Crippen molar-refractivity contribution in [3.05, 3.63) is 51.3 Å². The van der Waals surface area contributed by atoms with Crippen LogP contribution in [-0.4, -0.2) is 26.8 Å². The van der Waals surface area contributed by atoms with E-state index in [0.717, 1.165) is 5.69 Å². The summed E-state index contributed by atoms with van der Waals surface area (Å²) in [5.41, 5.74) is 7.49. The Morgan fingerprint density at radius 1 is 1.27 bits per heavy atom. The van der Waals surface area contributed by atoms with Crippen molar-refractivity contribution in [2.45, 2.75) is 26.1 Å². The van der Waals surface area contributed by atoms with Gasteiger partial charge >= 0.3 is 0 Å². The second-order valence-corrected chi connectivity index (χ2v) is 5.81. The average Bonchev–Trinajstić information content (AvgIpc) is 2.75. The Morgan fingerprint density at radius 2 is 1.91 bits per heavy atom. The number of hydrogen-bond donors (Lipinski definition) is 3. The Morgan fingerprint density at radius 3 is 2.50 bits per heavy atom. The Kier molecular flexibility index (Phi) is 4.82. The van der Waals surface area contributed by atoms with Gasteiger partial charge in [0.15, 0.2) is 6.10 Å². The molecule has 2 atom stereocenters. The Bertz CT molecular complexity index is 728. The molecule has 1 aromatic heterocycles. The van der Waals surface area contributed by atoms with E-state index in [2.05, 4.69) is 0 Å². The second kappa shape index (κ2) is 6.30. The molecule has 1 heterocycles. The number of aliphatic hydroxyl groups excluding tert-OH is 2. The molecule has 2 aromatic rings. The van der Waals surface area contributed by atoms with E-state index in [1.165, 1.54) is 0 Å². The Labute approximate surface area is 137 Å². The van der Waals surface area contributed by atoms with Crippen LogP contribution < -0.4 is 5.73 Å². The van der Waals surface area contributed by atoms with Crippen molar-refractivity contribution in [1.82, 2.24) is 4.57 Å². The van der Waals surface area contributed by atoms with Crippen LogP contribution >= 0.6 is 23.2 Å². The van der Waals surface area contributed by atoms with Gasteiger partial charge in [-0.3, -0.25) is 4.79 Å². The van der Waals surface area contributed by atoms with E-state index in [4.69, 9.17) is 28.9 Å². The molecule has 2 unspecified atom stereocenters. The van der Waals surface area contributed by atoms with Crippen molar-refractivity contribution in [2.24, 2.45) is 5.73 Å². The molecule has 0 saturated heterocycles. The smallest absolute Gasteiger partial charge is 0.249 e. The summed E-state index contributed by atoms with van der Waals surface area (Å²) in [5, 5.41) is 20.6. The lowest BCUT2D eigenvalue weighted by Gasteiger charge is -2.16. The number of carbonyl (C=O) groups excluding carboxylic acids is 1. The molecule has 1 aromatic carbocycles. The lowest BCUT2D eigenvalue weighted by Crippen LogP contribution is -2.34. The van der Waals surface area contributed by atoms with Crippen molar-refractivity contribution in [3.8, 4) is 5.69 Å². The van der Waals surface area contributed by atoms with Crippen LogP contribution in [0.1, 0.15) is 23.1 Å². The van der Waals surface area contributed by atoms with Crippen LogP contribution in [0, 0.1) is 13.8 Å². The molecule has 5 nitrogen and oxygen atoms in total. The highest BCUT2D eigenvalue weighted by molar-refractivity contribution is 6.43. The summed E-state index contributed by atoms with van der Waals surface area (Å²) >= 11 is 12.3. The minimum Gasteiger partial charge on any atom is -0.385 e. The molecule has 1 amide bonds. The van der Waals surface area contributed by atoms with Gasteiger partial charge in [-0.2, -0.15) is 0 Å². The van der Waals surface area contributed by atoms with Crippen molar-refractivity contribution in [3.63, 3.8) is 0 Å². The molecular formula is C15H16Cl2N2O3. The van der Waals surface area contributed by atoms with Crippen molar-refractivity contribution >= 4 is 29.1 Å². The number of carbonyl (C=O) groups is 1. The molecule has 2 rings (SSSR count). The highest BCUT2D eigenvalue weighted by Crippen LogP contribution is 2.33. The van der Waals surface area contributed by atoms with Gasteiger partial charge in [0.1, 0.15) is 6.10 Å². The molecular weight excluding hydrogens is 327 g/mol. The molecule has 118 valence electrons. The number of benzene rings is 1. The summed E-state index contributed by atoms with van der Waals surface area (Å²) in [6.45, 7) is 3.56. The maximum atomic E-state index is 11.1. The number of nitrogens with two attached hydrogens (primary N) is 1. The molecule has 4 N–H and O–H groups in total. The minimum absolute atomic E-state index is 0.377. The lowest BCUT2D eigenvalue weighted by atomic mass is 10.0. The maximum absolute atomic E-state index is 11.1. The first kappa shape index (κ1) is 16.8. The largest absolute Gasteiger partial charge is 0.385 e. The summed E-state index contributed by atoms with van der Waals surface area (Å²) < 4.78 is 1.79. The highest BCUT2D eigenvalue weighted by atomic mass is 35.5. The third-order valence-electron chi connectivity index (χ3n) is 3.55. The van der Waals surface area contributed by atoms with Gasteiger partial charge in [-0.05, 0) is 32.0 Å². The van der Waals surface area contributed by atoms with E-state index in [1.54, 1.807) is 35.8 Å². The van der Waals surface area contributed by atoms with Gasteiger partial charge in [-0.15, -0.1) is 0 Å². The van der Waals surface area contributed by atoms with E-state index in [9.17, 15) is 15.0 Å². The fraction of sp³-hybridized carbons (Fsp3) is 0.267. The zero-order valence-electron chi connectivity index (χ0n) is 12.0. The molecule has 0 fully saturated rings. The molecule has 22 heavy (non-hydrogen) atoms.